The maximum absolute atomic E-state index is 13.3. The van der Waals surface area contributed by atoms with Gasteiger partial charge in [0.05, 0.1) is 11.5 Å². The van der Waals surface area contributed by atoms with Crippen molar-refractivity contribution >= 4 is 21.4 Å². The Morgan fingerprint density at radius 1 is 1.07 bits per heavy atom. The largest absolute Gasteiger partial charge is 0.378 e. The van der Waals surface area contributed by atoms with Crippen LogP contribution in [0.4, 0.5) is 5.69 Å². The van der Waals surface area contributed by atoms with Crippen LogP contribution in [-0.2, 0) is 16.4 Å². The average molecular weight is 387 g/mol. The number of sulfone groups is 1. The Labute approximate surface area is 161 Å². The number of amides is 1. The van der Waals surface area contributed by atoms with Gasteiger partial charge in [-0.2, -0.15) is 0 Å². The van der Waals surface area contributed by atoms with Gasteiger partial charge in [-0.15, -0.1) is 0 Å². The molecule has 0 aromatic heterocycles. The highest BCUT2D eigenvalue weighted by Crippen LogP contribution is 2.24. The fraction of sp³-hybridized carbons (Fsp3) is 0.381. The second-order valence-electron chi connectivity index (χ2n) is 7.37. The second kappa shape index (κ2) is 7.72. The van der Waals surface area contributed by atoms with Crippen LogP contribution in [0.5, 0.6) is 0 Å². The van der Waals surface area contributed by atoms with Crippen molar-refractivity contribution in [3.05, 3.63) is 65.2 Å². The fourth-order valence-electron chi connectivity index (χ4n) is 3.45. The Kier molecular flexibility index (Phi) is 5.56. The molecule has 0 spiro atoms. The van der Waals surface area contributed by atoms with Crippen LogP contribution in [0.3, 0.4) is 0 Å². The molecule has 0 bridgehead atoms. The molecule has 0 aliphatic carbocycles. The number of rotatable bonds is 5. The molecule has 0 radical (unpaired) electrons. The zero-order valence-corrected chi connectivity index (χ0v) is 16.9. The third-order valence-electron chi connectivity index (χ3n) is 5.09. The van der Waals surface area contributed by atoms with Crippen LogP contribution in [0.25, 0.3) is 0 Å². The van der Waals surface area contributed by atoms with Crippen LogP contribution < -0.4 is 4.90 Å². The number of hydrogen-bond donors (Lipinski definition) is 0. The Morgan fingerprint density at radius 3 is 2.30 bits per heavy atom. The highest BCUT2D eigenvalue weighted by Gasteiger charge is 2.35. The molecule has 1 aliphatic rings. The van der Waals surface area contributed by atoms with E-state index >= 15 is 0 Å². The summed E-state index contributed by atoms with van der Waals surface area (Å²) in [7, 11) is 0.880. The fourth-order valence-corrected chi connectivity index (χ4v) is 5.18. The van der Waals surface area contributed by atoms with Crippen LogP contribution in [0, 0.1) is 6.92 Å². The number of carbonyl (C=O) groups excluding carboxylic acids is 1. The predicted molar refractivity (Wildman–Crippen MR) is 109 cm³/mol. The van der Waals surface area contributed by atoms with E-state index in [1.807, 2.05) is 74.4 Å². The number of benzene rings is 2. The lowest BCUT2D eigenvalue weighted by molar-refractivity contribution is 0.0680. The predicted octanol–water partition coefficient (Wildman–Crippen LogP) is 2.89. The van der Waals surface area contributed by atoms with Gasteiger partial charge >= 0.3 is 0 Å². The number of nitrogens with zero attached hydrogens (tertiary/aromatic N) is 2. The van der Waals surface area contributed by atoms with Crippen molar-refractivity contribution in [2.75, 3.05) is 30.5 Å². The van der Waals surface area contributed by atoms with Crippen LogP contribution in [0.1, 0.15) is 27.9 Å². The van der Waals surface area contributed by atoms with E-state index in [4.69, 9.17) is 0 Å². The molecule has 1 amide bonds. The molecule has 1 heterocycles. The van der Waals surface area contributed by atoms with Crippen LogP contribution >= 0.6 is 0 Å². The number of carbonyl (C=O) groups is 1. The van der Waals surface area contributed by atoms with Gasteiger partial charge in [0.2, 0.25) is 0 Å². The van der Waals surface area contributed by atoms with Gasteiger partial charge in [-0.05, 0) is 42.7 Å². The van der Waals surface area contributed by atoms with Crippen molar-refractivity contribution in [2.24, 2.45) is 0 Å². The third kappa shape index (κ3) is 4.50. The molecular weight excluding hydrogens is 360 g/mol. The van der Waals surface area contributed by atoms with E-state index in [2.05, 4.69) is 0 Å². The molecule has 1 aliphatic heterocycles. The summed E-state index contributed by atoms with van der Waals surface area (Å²) < 4.78 is 24.0. The van der Waals surface area contributed by atoms with Crippen LogP contribution in [-0.4, -0.2) is 50.9 Å². The van der Waals surface area contributed by atoms with Gasteiger partial charge in [0.25, 0.3) is 5.91 Å². The Balaban J connectivity index is 1.90. The van der Waals surface area contributed by atoms with Crippen LogP contribution in [0.2, 0.25) is 0 Å². The number of hydrogen-bond acceptors (Lipinski definition) is 4. The van der Waals surface area contributed by atoms with Gasteiger partial charge in [-0.3, -0.25) is 4.79 Å². The van der Waals surface area contributed by atoms with Gasteiger partial charge in [-0.1, -0.05) is 30.3 Å². The molecular formula is C21H26N2O3S. The molecule has 144 valence electrons. The van der Waals surface area contributed by atoms with E-state index < -0.39 is 9.84 Å². The SMILES string of the molecule is Cc1ccccc1C(=O)N(Cc1ccc(N(C)C)cc1)C1CCS(=O)(=O)C1. The van der Waals surface area contributed by atoms with Gasteiger partial charge in [0.1, 0.15) is 0 Å². The standard InChI is InChI=1S/C21H26N2O3S/c1-16-6-4-5-7-20(16)21(24)23(19-12-13-27(25,26)15-19)14-17-8-10-18(11-9-17)22(2)3/h4-11,19H,12-15H2,1-3H3. The monoisotopic (exact) mass is 386 g/mol. The summed E-state index contributed by atoms with van der Waals surface area (Å²) in [5.41, 5.74) is 3.61. The molecule has 5 nitrogen and oxygen atoms in total. The van der Waals surface area contributed by atoms with Crippen molar-refractivity contribution in [3.8, 4) is 0 Å². The van der Waals surface area contributed by atoms with Crippen molar-refractivity contribution in [1.29, 1.82) is 0 Å². The highest BCUT2D eigenvalue weighted by atomic mass is 32.2. The van der Waals surface area contributed by atoms with E-state index in [1.165, 1.54) is 0 Å². The number of anilines is 1. The minimum Gasteiger partial charge on any atom is -0.378 e. The molecule has 0 N–H and O–H groups in total. The Bertz CT molecular complexity index is 921. The smallest absolute Gasteiger partial charge is 0.254 e. The molecule has 2 aromatic carbocycles. The summed E-state index contributed by atoms with van der Waals surface area (Å²) in [5.74, 6) is 0.0849. The summed E-state index contributed by atoms with van der Waals surface area (Å²) >= 11 is 0. The molecule has 1 atom stereocenters. The molecule has 1 fully saturated rings. The molecule has 0 saturated carbocycles. The molecule has 3 rings (SSSR count). The third-order valence-corrected chi connectivity index (χ3v) is 6.84. The molecule has 27 heavy (non-hydrogen) atoms. The van der Waals surface area contributed by atoms with Gasteiger partial charge in [0.15, 0.2) is 9.84 Å². The van der Waals surface area contributed by atoms with E-state index in [9.17, 15) is 13.2 Å². The molecule has 2 aromatic rings. The zero-order valence-electron chi connectivity index (χ0n) is 16.1. The first kappa shape index (κ1) is 19.4. The average Bonchev–Trinajstić information content (AvgIpc) is 2.99. The molecule has 1 saturated heterocycles. The van der Waals surface area contributed by atoms with Gasteiger partial charge < -0.3 is 9.80 Å². The van der Waals surface area contributed by atoms with Crippen molar-refractivity contribution in [2.45, 2.75) is 25.9 Å². The summed E-state index contributed by atoms with van der Waals surface area (Å²) in [6.45, 7) is 2.31. The van der Waals surface area contributed by atoms with Crippen LogP contribution in [0.15, 0.2) is 48.5 Å². The number of aryl methyl sites for hydroxylation is 1. The summed E-state index contributed by atoms with van der Waals surface area (Å²) in [6, 6.07) is 15.2. The maximum atomic E-state index is 13.3. The topological polar surface area (TPSA) is 57.7 Å². The normalized spacial score (nSPS) is 18.3. The van der Waals surface area contributed by atoms with E-state index in [0.717, 1.165) is 16.8 Å². The Hall–Kier alpha value is -2.34. The Morgan fingerprint density at radius 2 is 1.74 bits per heavy atom. The zero-order chi connectivity index (χ0) is 19.6. The quantitative estimate of drug-likeness (QED) is 0.793. The first-order valence-corrected chi connectivity index (χ1v) is 10.9. The van der Waals surface area contributed by atoms with Crippen molar-refractivity contribution in [1.82, 2.24) is 4.90 Å². The van der Waals surface area contributed by atoms with Gasteiger partial charge in [-0.25, -0.2) is 8.42 Å². The minimum absolute atomic E-state index is 0.0421. The highest BCUT2D eigenvalue weighted by molar-refractivity contribution is 7.91. The van der Waals surface area contributed by atoms with E-state index in [0.29, 0.717) is 18.5 Å². The summed E-state index contributed by atoms with van der Waals surface area (Å²) in [4.78, 5) is 17.0. The maximum Gasteiger partial charge on any atom is 0.254 e. The van der Waals surface area contributed by atoms with E-state index in [-0.39, 0.29) is 23.5 Å². The lowest BCUT2D eigenvalue weighted by Crippen LogP contribution is -2.40. The first-order chi connectivity index (χ1) is 12.8. The van der Waals surface area contributed by atoms with Crippen molar-refractivity contribution < 1.29 is 13.2 Å². The lowest BCUT2D eigenvalue weighted by Gasteiger charge is -2.29. The van der Waals surface area contributed by atoms with E-state index in [1.54, 1.807) is 4.90 Å². The first-order valence-electron chi connectivity index (χ1n) is 9.10. The summed E-state index contributed by atoms with van der Waals surface area (Å²) in [5, 5.41) is 0. The summed E-state index contributed by atoms with van der Waals surface area (Å²) in [6.07, 6.45) is 0.496. The molecule has 1 unspecified atom stereocenters. The minimum atomic E-state index is -3.08. The van der Waals surface area contributed by atoms with Gasteiger partial charge in [0, 0.05) is 37.9 Å². The lowest BCUT2D eigenvalue weighted by atomic mass is 10.0. The van der Waals surface area contributed by atoms with Crippen molar-refractivity contribution in [3.63, 3.8) is 0 Å². The second-order valence-corrected chi connectivity index (χ2v) is 9.59. The molecule has 6 heteroatoms.